The Hall–Kier alpha value is -1.07. The lowest BCUT2D eigenvalue weighted by Gasteiger charge is -2.16. The summed E-state index contributed by atoms with van der Waals surface area (Å²) in [6.07, 6.45) is -1.58. The van der Waals surface area contributed by atoms with Crippen molar-refractivity contribution in [2.24, 2.45) is 0 Å². The summed E-state index contributed by atoms with van der Waals surface area (Å²) in [7, 11) is -3.16. The van der Waals surface area contributed by atoms with E-state index in [9.17, 15) is 13.5 Å². The fourth-order valence-electron chi connectivity index (χ4n) is 1.87. The molecule has 0 aromatic heterocycles. The summed E-state index contributed by atoms with van der Waals surface area (Å²) in [4.78, 5) is 0. The van der Waals surface area contributed by atoms with E-state index >= 15 is 0 Å². The molecule has 1 aromatic rings. The van der Waals surface area contributed by atoms with Gasteiger partial charge in [-0.25, -0.2) is 8.42 Å². The highest BCUT2D eigenvalue weighted by molar-refractivity contribution is 7.91. The van der Waals surface area contributed by atoms with Crippen molar-refractivity contribution in [3.63, 3.8) is 0 Å². The Kier molecular flexibility index (Phi) is 3.14. The van der Waals surface area contributed by atoms with E-state index in [-0.39, 0.29) is 11.5 Å². The van der Waals surface area contributed by atoms with Crippen molar-refractivity contribution < 1.29 is 18.3 Å². The van der Waals surface area contributed by atoms with Crippen LogP contribution in [-0.2, 0) is 9.84 Å². The van der Waals surface area contributed by atoms with E-state index in [0.29, 0.717) is 5.75 Å². The number of ether oxygens (including phenoxy) is 1. The number of aliphatic hydroxyl groups excluding tert-OH is 1. The maximum absolute atomic E-state index is 11.3. The average molecular weight is 256 g/mol. The number of benzene rings is 1. The van der Waals surface area contributed by atoms with Gasteiger partial charge in [-0.05, 0) is 37.1 Å². The van der Waals surface area contributed by atoms with Crippen LogP contribution in [0.5, 0.6) is 5.75 Å². The minimum atomic E-state index is -3.16. The molecule has 1 fully saturated rings. The Bertz CT molecular complexity index is 521. The van der Waals surface area contributed by atoms with Crippen LogP contribution < -0.4 is 4.74 Å². The first kappa shape index (κ1) is 12.4. The molecule has 0 bridgehead atoms. The predicted molar refractivity (Wildman–Crippen MR) is 65.0 cm³/mol. The van der Waals surface area contributed by atoms with Crippen LogP contribution in [0.25, 0.3) is 0 Å². The molecule has 2 atom stereocenters. The molecule has 1 N–H and O–H groups in total. The molecule has 0 aliphatic carbocycles. The van der Waals surface area contributed by atoms with Gasteiger partial charge in [0.1, 0.15) is 18.0 Å². The lowest BCUT2D eigenvalue weighted by molar-refractivity contribution is 0.0737. The Morgan fingerprint density at radius 2 is 1.94 bits per heavy atom. The maximum Gasteiger partial charge on any atom is 0.156 e. The second-order valence-corrected chi connectivity index (χ2v) is 6.70. The Labute approximate surface area is 101 Å². The fraction of sp³-hybridized carbons (Fsp3) is 0.500. The Morgan fingerprint density at radius 1 is 1.24 bits per heavy atom. The zero-order chi connectivity index (χ0) is 12.6. The van der Waals surface area contributed by atoms with Crippen LogP contribution in [0.4, 0.5) is 0 Å². The number of rotatable bonds is 2. The van der Waals surface area contributed by atoms with Gasteiger partial charge < -0.3 is 9.84 Å². The zero-order valence-corrected chi connectivity index (χ0v) is 10.7. The van der Waals surface area contributed by atoms with Gasteiger partial charge in [-0.2, -0.15) is 0 Å². The number of aliphatic hydroxyl groups is 1. The highest BCUT2D eigenvalue weighted by atomic mass is 32.2. The molecule has 4 nitrogen and oxygen atoms in total. The molecule has 1 saturated heterocycles. The Balaban J connectivity index is 2.14. The van der Waals surface area contributed by atoms with E-state index in [1.165, 1.54) is 0 Å². The molecule has 94 valence electrons. The molecule has 5 heteroatoms. The summed E-state index contributed by atoms with van der Waals surface area (Å²) in [5.41, 5.74) is 2.23. The lowest BCUT2D eigenvalue weighted by Crippen LogP contribution is -2.29. The normalized spacial score (nSPS) is 27.0. The van der Waals surface area contributed by atoms with E-state index < -0.39 is 22.0 Å². The minimum absolute atomic E-state index is 0.110. The quantitative estimate of drug-likeness (QED) is 0.851. The van der Waals surface area contributed by atoms with E-state index in [4.69, 9.17) is 4.74 Å². The first-order valence-electron chi connectivity index (χ1n) is 5.50. The van der Waals surface area contributed by atoms with Crippen LogP contribution in [0.2, 0.25) is 0 Å². The molecule has 1 aromatic carbocycles. The van der Waals surface area contributed by atoms with Gasteiger partial charge in [0, 0.05) is 0 Å². The van der Waals surface area contributed by atoms with Gasteiger partial charge in [0.05, 0.1) is 11.5 Å². The number of sulfone groups is 1. The predicted octanol–water partition coefficient (Wildman–Crippen LogP) is 0.840. The molecule has 0 saturated carbocycles. The maximum atomic E-state index is 11.3. The van der Waals surface area contributed by atoms with Crippen LogP contribution in [-0.4, -0.2) is 37.2 Å². The van der Waals surface area contributed by atoms with Crippen molar-refractivity contribution in [2.45, 2.75) is 26.1 Å². The van der Waals surface area contributed by atoms with Gasteiger partial charge in [-0.3, -0.25) is 0 Å². The fourth-order valence-corrected chi connectivity index (χ4v) is 3.53. The molecule has 0 spiro atoms. The largest absolute Gasteiger partial charge is 0.487 e. The second-order valence-electron chi connectivity index (χ2n) is 4.55. The smallest absolute Gasteiger partial charge is 0.156 e. The summed E-state index contributed by atoms with van der Waals surface area (Å²) in [5.74, 6) is 0.290. The summed E-state index contributed by atoms with van der Waals surface area (Å²) in [6, 6.07) is 5.56. The lowest BCUT2D eigenvalue weighted by atomic mass is 10.1. The number of hydrogen-bond acceptors (Lipinski definition) is 4. The van der Waals surface area contributed by atoms with Crippen LogP contribution >= 0.6 is 0 Å². The summed E-state index contributed by atoms with van der Waals surface area (Å²) in [5, 5.41) is 9.61. The topological polar surface area (TPSA) is 63.6 Å². The third-order valence-electron chi connectivity index (χ3n) is 3.04. The molecule has 1 heterocycles. The third-order valence-corrected chi connectivity index (χ3v) is 4.72. The summed E-state index contributed by atoms with van der Waals surface area (Å²) in [6.45, 7) is 3.96. The summed E-state index contributed by atoms with van der Waals surface area (Å²) >= 11 is 0. The monoisotopic (exact) mass is 256 g/mol. The number of hydrogen-bond donors (Lipinski definition) is 1. The van der Waals surface area contributed by atoms with Gasteiger partial charge >= 0.3 is 0 Å². The van der Waals surface area contributed by atoms with Crippen LogP contribution in [0.1, 0.15) is 11.1 Å². The molecule has 1 aliphatic heterocycles. The van der Waals surface area contributed by atoms with Crippen molar-refractivity contribution in [1.29, 1.82) is 0 Å². The van der Waals surface area contributed by atoms with Crippen molar-refractivity contribution in [2.75, 3.05) is 11.5 Å². The van der Waals surface area contributed by atoms with E-state index in [1.807, 2.05) is 26.0 Å². The van der Waals surface area contributed by atoms with Gasteiger partial charge in [0.2, 0.25) is 0 Å². The van der Waals surface area contributed by atoms with Crippen LogP contribution in [0.15, 0.2) is 18.2 Å². The zero-order valence-electron chi connectivity index (χ0n) is 9.88. The second kappa shape index (κ2) is 4.31. The highest BCUT2D eigenvalue weighted by Crippen LogP contribution is 2.22. The van der Waals surface area contributed by atoms with E-state index in [0.717, 1.165) is 11.1 Å². The van der Waals surface area contributed by atoms with Crippen LogP contribution in [0.3, 0.4) is 0 Å². The van der Waals surface area contributed by atoms with Crippen molar-refractivity contribution in [3.8, 4) is 5.75 Å². The molecule has 0 amide bonds. The first-order chi connectivity index (χ1) is 7.87. The molecule has 17 heavy (non-hydrogen) atoms. The van der Waals surface area contributed by atoms with Gasteiger partial charge in [-0.1, -0.05) is 6.07 Å². The van der Waals surface area contributed by atoms with Gasteiger partial charge in [-0.15, -0.1) is 0 Å². The summed E-state index contributed by atoms with van der Waals surface area (Å²) < 4.78 is 28.2. The van der Waals surface area contributed by atoms with Crippen molar-refractivity contribution in [1.82, 2.24) is 0 Å². The molecular weight excluding hydrogens is 240 g/mol. The SMILES string of the molecule is Cc1ccc(OC2CS(=O)(=O)CC2O)cc1C. The van der Waals surface area contributed by atoms with Gasteiger partial charge in [0.15, 0.2) is 9.84 Å². The average Bonchev–Trinajstić information content (AvgIpc) is 2.46. The van der Waals surface area contributed by atoms with Crippen molar-refractivity contribution in [3.05, 3.63) is 29.3 Å². The van der Waals surface area contributed by atoms with E-state index in [1.54, 1.807) is 6.07 Å². The minimum Gasteiger partial charge on any atom is -0.487 e. The standard InChI is InChI=1S/C12H16O4S/c1-8-3-4-10(5-9(8)2)16-12-7-17(14,15)6-11(12)13/h3-5,11-13H,6-7H2,1-2H3. The van der Waals surface area contributed by atoms with Crippen molar-refractivity contribution >= 4 is 9.84 Å². The molecule has 2 rings (SSSR count). The molecular formula is C12H16O4S. The molecule has 1 aliphatic rings. The van der Waals surface area contributed by atoms with Crippen LogP contribution in [0, 0.1) is 13.8 Å². The first-order valence-corrected chi connectivity index (χ1v) is 7.32. The highest BCUT2D eigenvalue weighted by Gasteiger charge is 2.38. The Morgan fingerprint density at radius 3 is 2.47 bits per heavy atom. The van der Waals surface area contributed by atoms with E-state index in [2.05, 4.69) is 0 Å². The third kappa shape index (κ3) is 2.79. The number of aryl methyl sites for hydroxylation is 2. The van der Waals surface area contributed by atoms with Gasteiger partial charge in [0.25, 0.3) is 0 Å². The molecule has 2 unspecified atom stereocenters. The molecule has 0 radical (unpaired) electrons.